The molecule has 130 valence electrons. The first-order valence-electron chi connectivity index (χ1n) is 9.59. The number of halogens is 1. The van der Waals surface area contributed by atoms with E-state index in [-0.39, 0.29) is 24.0 Å². The van der Waals surface area contributed by atoms with E-state index >= 15 is 0 Å². The molecular formula is C19H42IP. The molecule has 0 unspecified atom stereocenters. The molecule has 0 heterocycles. The number of unbranched alkanes of at least 4 members (excludes halogenated alkanes) is 7. The van der Waals surface area contributed by atoms with Gasteiger partial charge >= 0.3 is 0 Å². The summed E-state index contributed by atoms with van der Waals surface area (Å²) in [6.45, 7) is 9.43. The van der Waals surface area contributed by atoms with Gasteiger partial charge in [-0.2, -0.15) is 0 Å². The summed E-state index contributed by atoms with van der Waals surface area (Å²) in [6.07, 6.45) is 22.5. The van der Waals surface area contributed by atoms with Gasteiger partial charge < -0.3 is 24.0 Å². The Balaban J connectivity index is 0. The van der Waals surface area contributed by atoms with Crippen molar-refractivity contribution in [2.75, 3.05) is 24.6 Å². The lowest BCUT2D eigenvalue weighted by Gasteiger charge is -2.28. The molecule has 0 aromatic heterocycles. The molecule has 0 aromatic rings. The Morgan fingerprint density at radius 1 is 0.429 bits per heavy atom. The maximum Gasteiger partial charge on any atom is 0.0594 e. The van der Waals surface area contributed by atoms with Crippen molar-refractivity contribution < 1.29 is 24.0 Å². The molecule has 0 saturated heterocycles. The average Bonchev–Trinajstić information content (AvgIpc) is 2.48. The predicted molar refractivity (Wildman–Crippen MR) is 99.9 cm³/mol. The van der Waals surface area contributed by atoms with Crippen LogP contribution < -0.4 is 24.0 Å². The average molecular weight is 428 g/mol. The second-order valence-electron chi connectivity index (χ2n) is 6.71. The summed E-state index contributed by atoms with van der Waals surface area (Å²) in [4.78, 5) is 0. The number of hydrogen-bond acceptors (Lipinski definition) is 0. The first-order valence-corrected chi connectivity index (χ1v) is 12.1. The van der Waals surface area contributed by atoms with E-state index in [2.05, 4.69) is 27.7 Å². The monoisotopic (exact) mass is 428 g/mol. The summed E-state index contributed by atoms with van der Waals surface area (Å²) in [6, 6.07) is 0. The van der Waals surface area contributed by atoms with Crippen molar-refractivity contribution in [3.63, 3.8) is 0 Å². The van der Waals surface area contributed by atoms with Gasteiger partial charge in [0, 0.05) is 7.26 Å². The molecule has 21 heavy (non-hydrogen) atoms. The Kier molecular flexibility index (Phi) is 20.4. The minimum atomic E-state index is -0.594. The lowest BCUT2D eigenvalue weighted by molar-refractivity contribution is -0.00000469. The molecule has 0 aliphatic carbocycles. The Labute approximate surface area is 154 Å². The van der Waals surface area contributed by atoms with E-state index in [1.165, 1.54) is 70.6 Å². The molecule has 0 saturated carbocycles. The van der Waals surface area contributed by atoms with Crippen LogP contribution in [0.5, 0.6) is 0 Å². The maximum atomic E-state index is 2.37. The van der Waals surface area contributed by atoms with Crippen molar-refractivity contribution in [3.8, 4) is 0 Å². The zero-order valence-electron chi connectivity index (χ0n) is 15.4. The zero-order valence-corrected chi connectivity index (χ0v) is 18.5. The molecule has 0 fully saturated rings. The van der Waals surface area contributed by atoms with Crippen LogP contribution in [0.4, 0.5) is 0 Å². The van der Waals surface area contributed by atoms with Crippen molar-refractivity contribution in [1.82, 2.24) is 0 Å². The summed E-state index contributed by atoms with van der Waals surface area (Å²) in [5, 5.41) is 0. The van der Waals surface area contributed by atoms with Gasteiger partial charge in [0.15, 0.2) is 0 Å². The fourth-order valence-corrected chi connectivity index (χ4v) is 8.40. The second kappa shape index (κ2) is 17.5. The largest absolute Gasteiger partial charge is 1.00 e. The summed E-state index contributed by atoms with van der Waals surface area (Å²) in [7, 11) is -0.594. The molecule has 0 atom stereocenters. The van der Waals surface area contributed by atoms with E-state index in [0.717, 1.165) is 0 Å². The highest BCUT2D eigenvalue weighted by Gasteiger charge is 2.34. The highest BCUT2D eigenvalue weighted by molar-refractivity contribution is 7.75. The smallest absolute Gasteiger partial charge is 0.0594 e. The Bertz CT molecular complexity index is 172. The van der Waals surface area contributed by atoms with E-state index in [1.807, 2.05) is 0 Å². The van der Waals surface area contributed by atoms with Crippen molar-refractivity contribution in [1.29, 1.82) is 0 Å². The van der Waals surface area contributed by atoms with E-state index in [1.54, 1.807) is 24.6 Å². The Hall–Kier alpha value is 1.16. The summed E-state index contributed by atoms with van der Waals surface area (Å²) in [5.41, 5.74) is 0. The Morgan fingerprint density at radius 2 is 0.762 bits per heavy atom. The third-order valence-electron chi connectivity index (χ3n) is 4.69. The van der Waals surface area contributed by atoms with Crippen molar-refractivity contribution in [2.45, 2.75) is 98.3 Å². The molecule has 0 bridgehead atoms. The topological polar surface area (TPSA) is 0 Å². The van der Waals surface area contributed by atoms with E-state index in [4.69, 9.17) is 0 Å². The fourth-order valence-electron chi connectivity index (χ4n) is 3.20. The van der Waals surface area contributed by atoms with E-state index in [9.17, 15) is 0 Å². The van der Waals surface area contributed by atoms with Gasteiger partial charge in [0.1, 0.15) is 0 Å². The van der Waals surface area contributed by atoms with Gasteiger partial charge in [0.25, 0.3) is 0 Å². The minimum Gasteiger partial charge on any atom is -1.00 e. The molecule has 0 aromatic carbocycles. The first kappa shape index (κ1) is 24.4. The van der Waals surface area contributed by atoms with Crippen LogP contribution in [0.3, 0.4) is 0 Å². The predicted octanol–water partition coefficient (Wildman–Crippen LogP) is 4.38. The number of hydrogen-bond donors (Lipinski definition) is 0. The van der Waals surface area contributed by atoms with Crippen LogP contribution in [-0.4, -0.2) is 24.6 Å². The third kappa shape index (κ3) is 13.3. The molecule has 0 aliphatic rings. The van der Waals surface area contributed by atoms with Gasteiger partial charge in [-0.25, -0.2) is 0 Å². The van der Waals surface area contributed by atoms with E-state index < -0.39 is 7.26 Å². The summed E-state index contributed by atoms with van der Waals surface area (Å²) in [5.74, 6) is 0. The lowest BCUT2D eigenvalue weighted by atomic mass is 10.2. The normalized spacial score (nSPS) is 11.4. The van der Waals surface area contributed by atoms with Crippen molar-refractivity contribution >= 4 is 7.26 Å². The van der Waals surface area contributed by atoms with Gasteiger partial charge in [0.05, 0.1) is 24.6 Å². The lowest BCUT2D eigenvalue weighted by Crippen LogP contribution is -3.00. The molecule has 0 spiro atoms. The van der Waals surface area contributed by atoms with Crippen LogP contribution in [0, 0.1) is 0 Å². The molecule has 0 N–H and O–H groups in total. The fraction of sp³-hybridized carbons (Fsp3) is 1.00. The SMILES string of the molecule is CCCCCCC[P+](CCCC)(CCCC)CCCC.[I-]. The highest BCUT2D eigenvalue weighted by Crippen LogP contribution is 2.61. The first-order chi connectivity index (χ1) is 9.74. The molecule has 0 aliphatic heterocycles. The molecule has 0 rings (SSSR count). The number of rotatable bonds is 15. The summed E-state index contributed by atoms with van der Waals surface area (Å²) < 4.78 is 0. The van der Waals surface area contributed by atoms with Crippen LogP contribution >= 0.6 is 7.26 Å². The molecule has 2 heteroatoms. The summed E-state index contributed by atoms with van der Waals surface area (Å²) >= 11 is 0. The maximum absolute atomic E-state index is 2.37. The minimum absolute atomic E-state index is 0. The van der Waals surface area contributed by atoms with E-state index in [0.29, 0.717) is 0 Å². The molecular weight excluding hydrogens is 386 g/mol. The second-order valence-corrected chi connectivity index (χ2v) is 11.2. The van der Waals surface area contributed by atoms with Crippen LogP contribution in [0.2, 0.25) is 0 Å². The zero-order chi connectivity index (χ0) is 15.1. The van der Waals surface area contributed by atoms with Crippen LogP contribution in [0.1, 0.15) is 98.3 Å². The van der Waals surface area contributed by atoms with Gasteiger partial charge in [0.2, 0.25) is 0 Å². The van der Waals surface area contributed by atoms with Gasteiger partial charge in [-0.3, -0.25) is 0 Å². The van der Waals surface area contributed by atoms with Gasteiger partial charge in [-0.05, 0) is 32.1 Å². The molecule has 0 nitrogen and oxygen atoms in total. The van der Waals surface area contributed by atoms with Crippen molar-refractivity contribution in [2.24, 2.45) is 0 Å². The standard InChI is InChI=1S/C19H42P.HI/c1-5-9-13-14-15-19-20(16-10-6-2,17-11-7-3)18-12-8-4;/h5-19H2,1-4H3;1H/q+1;/p-1. The van der Waals surface area contributed by atoms with Crippen LogP contribution in [-0.2, 0) is 0 Å². The van der Waals surface area contributed by atoms with Crippen LogP contribution in [0.15, 0.2) is 0 Å². The molecule has 0 amide bonds. The Morgan fingerprint density at radius 3 is 1.14 bits per heavy atom. The quantitative estimate of drug-likeness (QED) is 0.206. The third-order valence-corrected chi connectivity index (χ3v) is 9.75. The van der Waals surface area contributed by atoms with Crippen LogP contribution in [0.25, 0.3) is 0 Å². The highest BCUT2D eigenvalue weighted by atomic mass is 127. The van der Waals surface area contributed by atoms with Crippen molar-refractivity contribution in [3.05, 3.63) is 0 Å². The molecule has 0 radical (unpaired) electrons. The van der Waals surface area contributed by atoms with Gasteiger partial charge in [-0.15, -0.1) is 0 Å². The van der Waals surface area contributed by atoms with Gasteiger partial charge in [-0.1, -0.05) is 66.2 Å².